The van der Waals surface area contributed by atoms with Crippen molar-refractivity contribution in [3.63, 3.8) is 0 Å². The first kappa shape index (κ1) is 33.9. The molecule has 0 amide bonds. The Morgan fingerprint density at radius 3 is 2.51 bits per heavy atom. The number of nitrogens with zero attached hydrogens (tertiary/aromatic N) is 5. The first-order chi connectivity index (χ1) is 22.4. The fourth-order valence-electron chi connectivity index (χ4n) is 6.20. The zero-order valence-electron chi connectivity index (χ0n) is 26.7. The van der Waals surface area contributed by atoms with Gasteiger partial charge in [0.05, 0.1) is 24.6 Å². The Bertz CT molecular complexity index is 1570. The second-order valence-corrected chi connectivity index (χ2v) is 11.9. The molecular formula is C32H40F3N7O5. The van der Waals surface area contributed by atoms with Crippen LogP contribution in [0.4, 0.5) is 24.9 Å². The molecule has 3 aromatic rings. The van der Waals surface area contributed by atoms with Gasteiger partial charge in [0.25, 0.3) is 0 Å². The third-order valence-corrected chi connectivity index (χ3v) is 8.59. The molecule has 2 aliphatic heterocycles. The van der Waals surface area contributed by atoms with Crippen LogP contribution in [-0.4, -0.2) is 76.8 Å². The molecule has 1 aromatic carbocycles. The maximum Gasteiger partial charge on any atom is 0.429 e. The van der Waals surface area contributed by atoms with Gasteiger partial charge in [-0.1, -0.05) is 6.07 Å². The Kier molecular flexibility index (Phi) is 10.2. The van der Waals surface area contributed by atoms with Crippen LogP contribution < -0.4 is 20.7 Å². The highest BCUT2D eigenvalue weighted by atomic mass is 19.4. The van der Waals surface area contributed by atoms with Crippen LogP contribution in [0.25, 0.3) is 5.69 Å². The van der Waals surface area contributed by atoms with Gasteiger partial charge < -0.3 is 30.2 Å². The van der Waals surface area contributed by atoms with Gasteiger partial charge in [0, 0.05) is 43.9 Å². The number of aryl methyl sites for hydroxylation is 2. The molecule has 254 valence electrons. The van der Waals surface area contributed by atoms with Gasteiger partial charge in [-0.15, -0.1) is 0 Å². The summed E-state index contributed by atoms with van der Waals surface area (Å²) in [6.07, 6.45) is -3.42. The Balaban J connectivity index is 1.39. The monoisotopic (exact) mass is 659 g/mol. The number of carbonyl (C=O) groups is 2. The standard InChI is InChI=1S/C32H40F3N7O5/c1-4-45-27(43)9-7-21-6-8-24(42-13-10-20(3)40-42)22(16-21)28(32(33,34)35)47-26-17-25(38-30(36)39-26)41-14-11-31(12-15-41)18-23(37-19-31)29(44)46-5-2/h6,8,10,13,16-17,23,28,37H,4-5,7,9,11-12,14-15,18-19H2,1-3H3,(H2,36,38,39)/t23-,28+/m0/s1. The van der Waals surface area contributed by atoms with Crippen molar-refractivity contribution >= 4 is 23.7 Å². The summed E-state index contributed by atoms with van der Waals surface area (Å²) in [5.74, 6) is -0.914. The topological polar surface area (TPSA) is 147 Å². The van der Waals surface area contributed by atoms with Gasteiger partial charge in [-0.2, -0.15) is 28.2 Å². The number of hydrogen-bond donors (Lipinski definition) is 2. The molecule has 2 aromatic heterocycles. The number of nitrogens with one attached hydrogen (secondary N) is 1. The van der Waals surface area contributed by atoms with Gasteiger partial charge in [-0.3, -0.25) is 9.59 Å². The fraction of sp³-hybridized carbons (Fsp3) is 0.531. The summed E-state index contributed by atoms with van der Waals surface area (Å²) in [5.41, 5.74) is 6.98. The molecule has 5 rings (SSSR count). The molecule has 0 aliphatic carbocycles. The maximum absolute atomic E-state index is 14.8. The number of aromatic nitrogens is 4. The molecule has 2 saturated heterocycles. The van der Waals surface area contributed by atoms with Crippen LogP contribution in [0.5, 0.6) is 5.88 Å². The van der Waals surface area contributed by atoms with E-state index in [4.69, 9.17) is 19.9 Å². The first-order valence-corrected chi connectivity index (χ1v) is 15.7. The Morgan fingerprint density at radius 1 is 1.11 bits per heavy atom. The second-order valence-electron chi connectivity index (χ2n) is 11.9. The number of nitrogen functional groups attached to an aromatic ring is 1. The molecule has 12 nitrogen and oxygen atoms in total. The Hall–Kier alpha value is -4.40. The highest BCUT2D eigenvalue weighted by Gasteiger charge is 2.46. The van der Waals surface area contributed by atoms with Crippen molar-refractivity contribution < 1.29 is 37.0 Å². The predicted octanol–water partition coefficient (Wildman–Crippen LogP) is 4.24. The quantitative estimate of drug-likeness (QED) is 0.285. The number of piperidine rings is 1. The summed E-state index contributed by atoms with van der Waals surface area (Å²) >= 11 is 0. The SMILES string of the molecule is CCOC(=O)CCc1ccc(-n2ccc(C)n2)c([C@@H](Oc2cc(N3CCC4(CC3)CN[C@H](C(=O)OCC)C4)nc(N)n2)C(F)(F)F)c1. The lowest BCUT2D eigenvalue weighted by atomic mass is 9.76. The minimum atomic E-state index is -4.86. The summed E-state index contributed by atoms with van der Waals surface area (Å²) < 4.78 is 61.7. The summed E-state index contributed by atoms with van der Waals surface area (Å²) in [5, 5.41) is 7.59. The van der Waals surface area contributed by atoms with Crippen molar-refractivity contribution in [2.24, 2.45) is 5.41 Å². The smallest absolute Gasteiger partial charge is 0.429 e. The van der Waals surface area contributed by atoms with Gasteiger partial charge in [-0.05, 0) is 75.6 Å². The van der Waals surface area contributed by atoms with E-state index in [9.17, 15) is 22.8 Å². The molecule has 1 spiro atoms. The Morgan fingerprint density at radius 2 is 1.85 bits per heavy atom. The van der Waals surface area contributed by atoms with Gasteiger partial charge in [0.15, 0.2) is 0 Å². The molecule has 3 N–H and O–H groups in total. The number of rotatable bonds is 11. The maximum atomic E-state index is 14.8. The van der Waals surface area contributed by atoms with E-state index >= 15 is 0 Å². The molecule has 0 saturated carbocycles. The number of ether oxygens (including phenoxy) is 3. The fourth-order valence-corrected chi connectivity index (χ4v) is 6.20. The van der Waals surface area contributed by atoms with Gasteiger partial charge in [-0.25, -0.2) is 4.68 Å². The minimum absolute atomic E-state index is 0.00746. The third kappa shape index (κ3) is 8.13. The Labute approximate surface area is 270 Å². The highest BCUT2D eigenvalue weighted by Crippen LogP contribution is 2.42. The number of hydrogen-bond acceptors (Lipinski definition) is 11. The average Bonchev–Trinajstić information content (AvgIpc) is 3.65. The third-order valence-electron chi connectivity index (χ3n) is 8.59. The molecule has 15 heteroatoms. The van der Waals surface area contributed by atoms with Gasteiger partial charge in [0.1, 0.15) is 11.9 Å². The van der Waals surface area contributed by atoms with Crippen LogP contribution in [0.15, 0.2) is 36.5 Å². The molecular weight excluding hydrogens is 619 g/mol. The van der Waals surface area contributed by atoms with Crippen LogP contribution >= 0.6 is 0 Å². The van der Waals surface area contributed by atoms with Crippen molar-refractivity contribution in [3.8, 4) is 11.6 Å². The lowest BCUT2D eigenvalue weighted by Crippen LogP contribution is -2.41. The van der Waals surface area contributed by atoms with E-state index in [-0.39, 0.29) is 60.0 Å². The summed E-state index contributed by atoms with van der Waals surface area (Å²) in [6.45, 7) is 7.51. The van der Waals surface area contributed by atoms with Crippen molar-refractivity contribution in [1.29, 1.82) is 0 Å². The van der Waals surface area contributed by atoms with E-state index in [1.165, 1.54) is 22.9 Å². The molecule has 0 unspecified atom stereocenters. The number of anilines is 2. The van der Waals surface area contributed by atoms with Crippen molar-refractivity contribution in [2.45, 2.75) is 71.2 Å². The highest BCUT2D eigenvalue weighted by molar-refractivity contribution is 5.76. The van der Waals surface area contributed by atoms with Crippen LogP contribution in [0.2, 0.25) is 0 Å². The lowest BCUT2D eigenvalue weighted by Gasteiger charge is -2.39. The molecule has 2 fully saturated rings. The van der Waals surface area contributed by atoms with E-state index in [1.54, 1.807) is 39.1 Å². The van der Waals surface area contributed by atoms with Crippen LogP contribution in [0.3, 0.4) is 0 Å². The normalized spacial score (nSPS) is 18.3. The lowest BCUT2D eigenvalue weighted by molar-refractivity contribution is -0.198. The van der Waals surface area contributed by atoms with E-state index in [2.05, 4.69) is 20.4 Å². The number of benzene rings is 1. The van der Waals surface area contributed by atoms with Crippen LogP contribution in [0.1, 0.15) is 62.5 Å². The zero-order valence-corrected chi connectivity index (χ0v) is 26.7. The number of esters is 2. The molecule has 0 radical (unpaired) electrons. The van der Waals surface area contributed by atoms with E-state index in [1.807, 2.05) is 4.90 Å². The van der Waals surface area contributed by atoms with E-state index in [0.29, 0.717) is 49.7 Å². The second kappa shape index (κ2) is 14.2. The average molecular weight is 660 g/mol. The minimum Gasteiger partial charge on any atom is -0.466 e. The molecule has 2 atom stereocenters. The predicted molar refractivity (Wildman–Crippen MR) is 166 cm³/mol. The molecule has 2 aliphatic rings. The van der Waals surface area contributed by atoms with Gasteiger partial charge >= 0.3 is 18.1 Å². The summed E-state index contributed by atoms with van der Waals surface area (Å²) in [7, 11) is 0. The van der Waals surface area contributed by atoms with Crippen LogP contribution in [-0.2, 0) is 25.5 Å². The number of carbonyl (C=O) groups excluding carboxylic acids is 2. The largest absolute Gasteiger partial charge is 0.466 e. The summed E-state index contributed by atoms with van der Waals surface area (Å²) in [4.78, 5) is 34.5. The van der Waals surface area contributed by atoms with E-state index in [0.717, 1.165) is 12.8 Å². The number of nitrogens with two attached hydrogens (primary N) is 1. The van der Waals surface area contributed by atoms with Crippen LogP contribution in [0, 0.1) is 12.3 Å². The zero-order chi connectivity index (χ0) is 33.8. The van der Waals surface area contributed by atoms with Crippen molar-refractivity contribution in [2.75, 3.05) is 43.5 Å². The molecule has 4 heterocycles. The first-order valence-electron chi connectivity index (χ1n) is 15.7. The molecule has 0 bridgehead atoms. The number of halogens is 3. The summed E-state index contributed by atoms with van der Waals surface area (Å²) in [6, 6.07) is 7.25. The number of alkyl halides is 3. The van der Waals surface area contributed by atoms with Gasteiger partial charge in [0.2, 0.25) is 17.9 Å². The van der Waals surface area contributed by atoms with Crippen molar-refractivity contribution in [1.82, 2.24) is 25.1 Å². The molecule has 47 heavy (non-hydrogen) atoms. The van der Waals surface area contributed by atoms with E-state index < -0.39 is 18.2 Å². The van der Waals surface area contributed by atoms with Crippen molar-refractivity contribution in [3.05, 3.63) is 53.3 Å².